The maximum absolute atomic E-state index is 13.8. The van der Waals surface area contributed by atoms with Gasteiger partial charge in [-0.2, -0.15) is 0 Å². The van der Waals surface area contributed by atoms with Crippen LogP contribution in [0.3, 0.4) is 0 Å². The van der Waals surface area contributed by atoms with E-state index in [2.05, 4.69) is 9.97 Å². The summed E-state index contributed by atoms with van der Waals surface area (Å²) in [7, 11) is 0. The minimum Gasteiger partial charge on any atom is -0.368 e. The van der Waals surface area contributed by atoms with Crippen LogP contribution in [0.15, 0.2) is 60.8 Å². The largest absolute Gasteiger partial charge is 0.368 e. The van der Waals surface area contributed by atoms with E-state index in [1.165, 1.54) is 12.1 Å². The topological polar surface area (TPSA) is 72.1 Å². The van der Waals surface area contributed by atoms with Gasteiger partial charge in [-0.3, -0.25) is 4.79 Å². The lowest BCUT2D eigenvalue weighted by Crippen LogP contribution is -2.32. The van der Waals surface area contributed by atoms with Gasteiger partial charge in [0.2, 0.25) is 11.9 Å². The average molecular weight is 376 g/mol. The van der Waals surface area contributed by atoms with Crippen molar-refractivity contribution < 1.29 is 9.18 Å². The van der Waals surface area contributed by atoms with Crippen molar-refractivity contribution in [3.8, 4) is 11.1 Å². The van der Waals surface area contributed by atoms with Crippen molar-refractivity contribution in [1.29, 1.82) is 0 Å². The predicted octanol–water partition coefficient (Wildman–Crippen LogP) is 3.77. The van der Waals surface area contributed by atoms with E-state index >= 15 is 0 Å². The molecule has 0 radical (unpaired) electrons. The summed E-state index contributed by atoms with van der Waals surface area (Å²) < 4.78 is 13.8. The molecule has 28 heavy (non-hydrogen) atoms. The Kier molecular flexibility index (Phi) is 5.02. The second-order valence-corrected chi connectivity index (χ2v) is 6.94. The molecule has 1 aliphatic heterocycles. The molecule has 2 N–H and O–H groups in total. The van der Waals surface area contributed by atoms with Crippen LogP contribution in [-0.2, 0) is 11.2 Å². The fourth-order valence-corrected chi connectivity index (χ4v) is 3.76. The summed E-state index contributed by atoms with van der Waals surface area (Å²) in [6.07, 6.45) is 3.63. The van der Waals surface area contributed by atoms with Gasteiger partial charge >= 0.3 is 0 Å². The van der Waals surface area contributed by atoms with E-state index in [-0.39, 0.29) is 23.7 Å². The van der Waals surface area contributed by atoms with Crippen molar-refractivity contribution in [1.82, 2.24) is 14.9 Å². The van der Waals surface area contributed by atoms with Gasteiger partial charge in [0.15, 0.2) is 0 Å². The van der Waals surface area contributed by atoms with E-state index in [4.69, 9.17) is 5.73 Å². The normalized spacial score (nSPS) is 16.3. The summed E-state index contributed by atoms with van der Waals surface area (Å²) in [5.74, 6) is -0.128. The molecule has 0 spiro atoms. The van der Waals surface area contributed by atoms with Gasteiger partial charge in [-0.1, -0.05) is 42.5 Å². The summed E-state index contributed by atoms with van der Waals surface area (Å²) >= 11 is 0. The first-order chi connectivity index (χ1) is 13.6. The molecule has 1 saturated heterocycles. The Labute approximate surface area is 163 Å². The van der Waals surface area contributed by atoms with E-state index in [1.807, 2.05) is 41.3 Å². The fraction of sp³-hybridized carbons (Fsp3) is 0.227. The molecule has 1 amide bonds. The SMILES string of the molecule is Nc1ncc(-c2cccc(F)c2)c(C2CCCN2C(=O)Cc2ccccc2)n1. The van der Waals surface area contributed by atoms with Gasteiger partial charge in [0, 0.05) is 18.3 Å². The molecule has 6 heteroatoms. The van der Waals surface area contributed by atoms with Crippen molar-refractivity contribution in [3.05, 3.63) is 77.9 Å². The quantitative estimate of drug-likeness (QED) is 0.752. The van der Waals surface area contributed by atoms with Crippen LogP contribution in [0.5, 0.6) is 0 Å². The van der Waals surface area contributed by atoms with E-state index in [0.717, 1.165) is 18.4 Å². The number of aromatic nitrogens is 2. The zero-order valence-corrected chi connectivity index (χ0v) is 15.4. The van der Waals surface area contributed by atoms with Crippen LogP contribution in [0.4, 0.5) is 10.3 Å². The third kappa shape index (κ3) is 3.71. The van der Waals surface area contributed by atoms with Gasteiger partial charge < -0.3 is 10.6 Å². The van der Waals surface area contributed by atoms with Crippen LogP contribution in [0.2, 0.25) is 0 Å². The number of carbonyl (C=O) groups excluding carboxylic acids is 1. The highest BCUT2D eigenvalue weighted by molar-refractivity contribution is 5.80. The van der Waals surface area contributed by atoms with Crippen molar-refractivity contribution in [2.45, 2.75) is 25.3 Å². The highest BCUT2D eigenvalue weighted by Crippen LogP contribution is 2.37. The minimum absolute atomic E-state index is 0.0519. The molecule has 3 aromatic rings. The van der Waals surface area contributed by atoms with Crippen LogP contribution >= 0.6 is 0 Å². The van der Waals surface area contributed by atoms with E-state index in [1.54, 1.807) is 12.3 Å². The van der Waals surface area contributed by atoms with Crippen molar-refractivity contribution in [2.75, 3.05) is 12.3 Å². The molecule has 1 fully saturated rings. The Morgan fingerprint density at radius 2 is 2.00 bits per heavy atom. The Balaban J connectivity index is 1.67. The number of likely N-dealkylation sites (tertiary alicyclic amines) is 1. The maximum atomic E-state index is 13.8. The standard InChI is InChI=1S/C22H21FN4O/c23-17-9-4-8-16(13-17)18-14-25-22(24)26-21(18)19-10-5-11-27(19)20(28)12-15-6-2-1-3-7-15/h1-4,6-9,13-14,19H,5,10-12H2,(H2,24,25,26). The number of anilines is 1. The molecular weight excluding hydrogens is 355 g/mol. The van der Waals surface area contributed by atoms with Gasteiger partial charge in [-0.15, -0.1) is 0 Å². The first-order valence-corrected chi connectivity index (χ1v) is 9.33. The van der Waals surface area contributed by atoms with Crippen LogP contribution in [0.1, 0.15) is 30.1 Å². The van der Waals surface area contributed by atoms with Crippen molar-refractivity contribution in [2.24, 2.45) is 0 Å². The van der Waals surface area contributed by atoms with Gasteiger partial charge in [-0.05, 0) is 36.1 Å². The van der Waals surface area contributed by atoms with Gasteiger partial charge in [0.1, 0.15) is 5.82 Å². The second-order valence-electron chi connectivity index (χ2n) is 6.94. The monoisotopic (exact) mass is 376 g/mol. The minimum atomic E-state index is -0.330. The highest BCUT2D eigenvalue weighted by atomic mass is 19.1. The molecule has 5 nitrogen and oxygen atoms in total. The summed E-state index contributed by atoms with van der Waals surface area (Å²) in [6, 6.07) is 15.8. The molecule has 0 aliphatic carbocycles. The number of nitrogen functional groups attached to an aromatic ring is 1. The zero-order valence-electron chi connectivity index (χ0n) is 15.4. The van der Waals surface area contributed by atoms with Crippen molar-refractivity contribution in [3.63, 3.8) is 0 Å². The molecule has 0 saturated carbocycles. The number of nitrogens with two attached hydrogens (primary N) is 1. The summed E-state index contributed by atoms with van der Waals surface area (Å²) in [4.78, 5) is 23.4. The van der Waals surface area contributed by atoms with Crippen molar-refractivity contribution >= 4 is 11.9 Å². The Morgan fingerprint density at radius 1 is 1.18 bits per heavy atom. The second kappa shape index (κ2) is 7.76. The molecule has 4 rings (SSSR count). The Bertz CT molecular complexity index is 993. The molecule has 1 unspecified atom stereocenters. The molecule has 142 valence electrons. The maximum Gasteiger partial charge on any atom is 0.227 e. The van der Waals surface area contributed by atoms with Gasteiger partial charge in [0.05, 0.1) is 18.2 Å². The number of hydrogen-bond donors (Lipinski definition) is 1. The first-order valence-electron chi connectivity index (χ1n) is 9.33. The summed E-state index contributed by atoms with van der Waals surface area (Å²) in [5, 5.41) is 0. The van der Waals surface area contributed by atoms with Crippen LogP contribution < -0.4 is 5.73 Å². The number of hydrogen-bond acceptors (Lipinski definition) is 4. The zero-order chi connectivity index (χ0) is 19.5. The molecule has 1 aromatic heterocycles. The number of rotatable bonds is 4. The van der Waals surface area contributed by atoms with Crippen LogP contribution in [0.25, 0.3) is 11.1 Å². The molecule has 1 atom stereocenters. The third-order valence-electron chi connectivity index (χ3n) is 5.06. The fourth-order valence-electron chi connectivity index (χ4n) is 3.76. The molecular formula is C22H21FN4O. The summed E-state index contributed by atoms with van der Waals surface area (Å²) in [5.41, 5.74) is 8.89. The first kappa shape index (κ1) is 18.1. The van der Waals surface area contributed by atoms with Gasteiger partial charge in [0.25, 0.3) is 0 Å². The summed E-state index contributed by atoms with van der Waals surface area (Å²) in [6.45, 7) is 0.669. The number of benzene rings is 2. The molecule has 2 heterocycles. The highest BCUT2D eigenvalue weighted by Gasteiger charge is 2.33. The number of amides is 1. The third-order valence-corrected chi connectivity index (χ3v) is 5.06. The van der Waals surface area contributed by atoms with E-state index in [9.17, 15) is 9.18 Å². The molecule has 0 bridgehead atoms. The molecule has 1 aliphatic rings. The number of halogens is 1. The predicted molar refractivity (Wildman–Crippen MR) is 106 cm³/mol. The smallest absolute Gasteiger partial charge is 0.227 e. The number of carbonyl (C=O) groups is 1. The van der Waals surface area contributed by atoms with E-state index in [0.29, 0.717) is 29.8 Å². The lowest BCUT2D eigenvalue weighted by atomic mass is 9.99. The van der Waals surface area contributed by atoms with E-state index < -0.39 is 0 Å². The van der Waals surface area contributed by atoms with Crippen LogP contribution in [0, 0.1) is 5.82 Å². The van der Waals surface area contributed by atoms with Crippen LogP contribution in [-0.4, -0.2) is 27.3 Å². The Hall–Kier alpha value is -3.28. The Morgan fingerprint density at radius 3 is 2.79 bits per heavy atom. The van der Waals surface area contributed by atoms with Gasteiger partial charge in [-0.25, -0.2) is 14.4 Å². The molecule has 2 aromatic carbocycles. The lowest BCUT2D eigenvalue weighted by molar-refractivity contribution is -0.131. The average Bonchev–Trinajstić information content (AvgIpc) is 3.18. The number of nitrogens with zero attached hydrogens (tertiary/aromatic N) is 3. The lowest BCUT2D eigenvalue weighted by Gasteiger charge is -2.26.